The number of β-lactam (4-membered cyclic amide) rings is 1. The number of benzene rings is 1. The van der Waals surface area contributed by atoms with Gasteiger partial charge in [-0.3, -0.25) is 19.3 Å². The number of rotatable bonds is 10. The largest absolute Gasteiger partial charge is 0.504 e. The fourth-order valence-electron chi connectivity index (χ4n) is 6.57. The van der Waals surface area contributed by atoms with Crippen LogP contribution in [0, 0.1) is 0 Å². The third-order valence-electron chi connectivity index (χ3n) is 9.07. The normalized spacial score (nSPS) is 25.4. The number of anilines is 1. The van der Waals surface area contributed by atoms with Gasteiger partial charge in [0.15, 0.2) is 22.3 Å². The van der Waals surface area contributed by atoms with E-state index < -0.39 is 58.5 Å². The summed E-state index contributed by atoms with van der Waals surface area (Å²) in [5.41, 5.74) is 5.80. The van der Waals surface area contributed by atoms with E-state index in [1.165, 1.54) is 41.1 Å². The number of aliphatic carboxylic acids is 2. The molecule has 3 fully saturated rings. The van der Waals surface area contributed by atoms with Gasteiger partial charge in [0.2, 0.25) is 6.10 Å². The number of carboxylic acid groups (broad SMARTS) is 2. The molecule has 2 aromatic rings. The van der Waals surface area contributed by atoms with E-state index in [9.17, 15) is 39.3 Å². The minimum Gasteiger partial charge on any atom is -0.504 e. The van der Waals surface area contributed by atoms with E-state index in [4.69, 9.17) is 27.3 Å². The molecule has 0 spiro atoms. The topological polar surface area (TPSA) is 245 Å². The summed E-state index contributed by atoms with van der Waals surface area (Å²) in [6.07, 6.45) is -0.734. The first-order valence-corrected chi connectivity index (χ1v) is 17.3. The van der Waals surface area contributed by atoms with Gasteiger partial charge >= 0.3 is 11.9 Å². The van der Waals surface area contributed by atoms with Gasteiger partial charge in [0.25, 0.3) is 17.7 Å². The van der Waals surface area contributed by atoms with E-state index >= 15 is 0 Å². The number of thioether (sulfide) groups is 1. The van der Waals surface area contributed by atoms with Gasteiger partial charge in [0.1, 0.15) is 29.4 Å². The maximum Gasteiger partial charge on any atom is 0.352 e. The molecule has 2 bridgehead atoms. The van der Waals surface area contributed by atoms with E-state index in [0.29, 0.717) is 49.2 Å². The number of phenols is 2. The predicted molar refractivity (Wildman–Crippen MR) is 175 cm³/mol. The van der Waals surface area contributed by atoms with Crippen molar-refractivity contribution < 1.29 is 53.7 Å². The van der Waals surface area contributed by atoms with Crippen LogP contribution >= 0.6 is 34.7 Å². The number of nitrogens with two attached hydrogens (primary N) is 1. The summed E-state index contributed by atoms with van der Waals surface area (Å²) in [5, 5.41) is 45.9. The first-order chi connectivity index (χ1) is 23.2. The maximum atomic E-state index is 13.4. The average molecular weight is 737 g/mol. The highest BCUT2D eigenvalue weighted by Gasteiger charge is 2.56. The number of hydrogen-bond acceptors (Lipinski definition) is 13. The second kappa shape index (κ2) is 13.0. The zero-order valence-corrected chi connectivity index (χ0v) is 28.1. The molecule has 0 unspecified atom stereocenters. The van der Waals surface area contributed by atoms with Crippen LogP contribution in [0.4, 0.5) is 5.13 Å². The first-order valence-electron chi connectivity index (χ1n) is 15.0. The monoisotopic (exact) mass is 736 g/mol. The number of nitrogens with one attached hydrogen (secondary N) is 1. The Morgan fingerprint density at radius 1 is 1.24 bits per heavy atom. The number of phenolic OH excluding ortho intramolecular Hbond substituents is 2. The molecule has 6 rings (SSSR count). The lowest BCUT2D eigenvalue weighted by molar-refractivity contribution is -0.916. The quantitative estimate of drug-likeness (QED) is 0.0639. The number of quaternary nitrogens is 1. The smallest absolute Gasteiger partial charge is 0.352 e. The Morgan fingerprint density at radius 2 is 2.00 bits per heavy atom. The standard InChI is InChI=1S/C29H30ClN7O10S2/c1-12(27(43)44)47-34-19(16-11-49-29(31)32-16)23(40)33-20-25(42)36-21(28(45)46)13(10-48-26(20)36)8-37-6-4-14(9-37)35(5-7-37)24(41)15-2-3-17(38)22(39)18(15)30/h2-3,11-12,14,20,26H,4-10H2,1H3,(H6-,31,32,33,34,38,39,40,41,43,44,45,46)/p+1/t12-,14+,20-,26-,37+/m1/s1. The molecule has 5 atom stereocenters. The summed E-state index contributed by atoms with van der Waals surface area (Å²) in [5.74, 6) is -5.22. The molecule has 4 aliphatic heterocycles. The Balaban J connectivity index is 1.16. The fraction of sp³-hybridized carbons (Fsp3) is 0.414. The lowest BCUT2D eigenvalue weighted by atomic mass is 10.0. The van der Waals surface area contributed by atoms with Crippen molar-refractivity contribution in [1.29, 1.82) is 0 Å². The molecule has 1 aromatic heterocycles. The van der Waals surface area contributed by atoms with Crippen LogP contribution in [0.15, 0.2) is 33.9 Å². The summed E-state index contributed by atoms with van der Waals surface area (Å²) >= 11 is 8.47. The number of nitrogens with zero attached hydrogens (tertiary/aromatic N) is 5. The number of halogens is 1. The van der Waals surface area contributed by atoms with E-state index in [-0.39, 0.29) is 44.8 Å². The Morgan fingerprint density at radius 3 is 2.67 bits per heavy atom. The molecule has 4 aliphatic rings. The van der Waals surface area contributed by atoms with Crippen molar-refractivity contribution in [3.63, 3.8) is 0 Å². The third kappa shape index (κ3) is 6.22. The average Bonchev–Trinajstić information content (AvgIpc) is 3.64. The molecule has 3 saturated heterocycles. The minimum atomic E-state index is -1.39. The number of nitrogen functional groups attached to an aromatic ring is 1. The first kappa shape index (κ1) is 34.3. The number of hydrogen-bond donors (Lipinski definition) is 6. The van der Waals surface area contributed by atoms with Gasteiger partial charge in [-0.1, -0.05) is 16.8 Å². The second-order valence-corrected chi connectivity index (χ2v) is 14.5. The Labute approximate surface area is 291 Å². The van der Waals surface area contributed by atoms with Crippen LogP contribution in [0.3, 0.4) is 0 Å². The van der Waals surface area contributed by atoms with E-state index in [0.717, 1.165) is 11.3 Å². The highest BCUT2D eigenvalue weighted by Crippen LogP contribution is 2.43. The number of fused-ring (bicyclic) bond motifs is 3. The predicted octanol–water partition coefficient (Wildman–Crippen LogP) is 0.467. The van der Waals surface area contributed by atoms with Crippen LogP contribution in [-0.4, -0.2) is 137 Å². The number of aromatic nitrogens is 1. The lowest BCUT2D eigenvalue weighted by Gasteiger charge is -2.50. The number of oxime groups is 1. The molecule has 0 aliphatic carbocycles. The SMILES string of the molecule is C[C@@H](ON=C(C(=O)N[C@@H]1C(=O)N2C(C(=O)O)=C(C[N@@+]34CC[C@@H](C3)N(C(=O)c3ccc(O)c(O)c3Cl)CC4)CS[C@H]12)c1csc(N)n1)C(=O)O. The highest BCUT2D eigenvalue weighted by atomic mass is 35.5. The zero-order valence-electron chi connectivity index (χ0n) is 25.7. The summed E-state index contributed by atoms with van der Waals surface area (Å²) in [6.45, 7) is 3.66. The van der Waals surface area contributed by atoms with Crippen LogP contribution in [0.5, 0.6) is 11.5 Å². The second-order valence-electron chi connectivity index (χ2n) is 12.1. The third-order valence-corrected chi connectivity index (χ3v) is 11.5. The summed E-state index contributed by atoms with van der Waals surface area (Å²) in [6, 6.07) is 1.30. The molecule has 3 amide bonds. The maximum absolute atomic E-state index is 13.4. The van der Waals surface area contributed by atoms with E-state index in [1.54, 1.807) is 4.90 Å². The van der Waals surface area contributed by atoms with Crippen molar-refractivity contribution in [2.75, 3.05) is 44.2 Å². The number of thiazole rings is 1. The van der Waals surface area contributed by atoms with E-state index in [1.807, 2.05) is 0 Å². The number of piperazine rings is 1. The summed E-state index contributed by atoms with van der Waals surface area (Å²) in [7, 11) is 0. The van der Waals surface area contributed by atoms with Crippen LogP contribution < -0.4 is 11.1 Å². The molecular formula is C29H31ClN7O10S2+. The molecule has 1 aromatic carbocycles. The molecule has 17 nitrogen and oxygen atoms in total. The number of carboxylic acids is 2. The minimum absolute atomic E-state index is 0.00914. The molecule has 49 heavy (non-hydrogen) atoms. The Bertz CT molecular complexity index is 1840. The van der Waals surface area contributed by atoms with Crippen molar-refractivity contribution in [3.05, 3.63) is 45.1 Å². The lowest BCUT2D eigenvalue weighted by Crippen LogP contribution is -2.71. The molecule has 7 N–H and O–H groups in total. The van der Waals surface area contributed by atoms with Crippen molar-refractivity contribution in [2.24, 2.45) is 5.16 Å². The molecule has 5 heterocycles. The van der Waals surface area contributed by atoms with Gasteiger partial charge < -0.3 is 45.7 Å². The summed E-state index contributed by atoms with van der Waals surface area (Å²) < 4.78 is 0.522. The van der Waals surface area contributed by atoms with Crippen molar-refractivity contribution in [1.82, 2.24) is 20.1 Å². The number of amides is 3. The van der Waals surface area contributed by atoms with Crippen molar-refractivity contribution >= 4 is 75.2 Å². The number of carbonyl (C=O) groups excluding carboxylic acids is 3. The van der Waals surface area contributed by atoms with Crippen LogP contribution in [0.25, 0.3) is 0 Å². The number of aromatic hydroxyl groups is 2. The zero-order chi connectivity index (χ0) is 35.4. The van der Waals surface area contributed by atoms with Gasteiger partial charge in [-0.05, 0) is 19.1 Å². The van der Waals surface area contributed by atoms with Crippen LogP contribution in [-0.2, 0) is 24.0 Å². The van der Waals surface area contributed by atoms with Gasteiger partial charge in [-0.25, -0.2) is 14.6 Å². The van der Waals surface area contributed by atoms with Crippen molar-refractivity contribution in [3.8, 4) is 11.5 Å². The Hall–Kier alpha value is -4.59. The van der Waals surface area contributed by atoms with Gasteiger partial charge in [0.05, 0.1) is 42.8 Å². The van der Waals surface area contributed by atoms with E-state index in [2.05, 4.69) is 15.5 Å². The summed E-state index contributed by atoms with van der Waals surface area (Å²) in [4.78, 5) is 75.7. The van der Waals surface area contributed by atoms with Gasteiger partial charge in [-0.2, -0.15) is 0 Å². The van der Waals surface area contributed by atoms with Crippen LogP contribution in [0.2, 0.25) is 5.02 Å². The fourth-order valence-corrected chi connectivity index (χ4v) is 8.70. The molecule has 0 saturated carbocycles. The molecule has 0 radical (unpaired) electrons. The molecule has 20 heteroatoms. The van der Waals surface area contributed by atoms with Crippen LogP contribution in [0.1, 0.15) is 29.4 Å². The van der Waals surface area contributed by atoms with Gasteiger partial charge in [-0.15, -0.1) is 23.1 Å². The highest BCUT2D eigenvalue weighted by molar-refractivity contribution is 8.00. The van der Waals surface area contributed by atoms with Gasteiger partial charge in [0, 0.05) is 23.1 Å². The van der Waals surface area contributed by atoms with Crippen molar-refractivity contribution in [2.45, 2.75) is 36.9 Å². The molecular weight excluding hydrogens is 706 g/mol. The molecule has 260 valence electrons. The Kier molecular flexibility index (Phi) is 9.12. The number of carbonyl (C=O) groups is 5.